The lowest BCUT2D eigenvalue weighted by Crippen LogP contribution is -2.31. The van der Waals surface area contributed by atoms with Gasteiger partial charge in [-0.3, -0.25) is 4.90 Å². The van der Waals surface area contributed by atoms with Crippen LogP contribution in [0, 0.1) is 5.82 Å². The zero-order valence-electron chi connectivity index (χ0n) is 11.1. The molecule has 1 fully saturated rings. The molecule has 1 saturated heterocycles. The van der Waals surface area contributed by atoms with Crippen molar-refractivity contribution in [1.29, 1.82) is 0 Å². The number of aliphatic hydroxyl groups is 1. The monoisotopic (exact) mass is 276 g/mol. The fraction of sp³-hybridized carbons (Fsp3) is 0.400. The first kappa shape index (κ1) is 13.3. The van der Waals surface area contributed by atoms with Crippen molar-refractivity contribution >= 4 is 0 Å². The molecule has 3 rings (SSSR count). The molecule has 1 N–H and O–H groups in total. The minimum atomic E-state index is -0.275. The van der Waals surface area contributed by atoms with E-state index in [-0.39, 0.29) is 18.5 Å². The molecule has 106 valence electrons. The van der Waals surface area contributed by atoms with E-state index in [1.54, 1.807) is 18.4 Å². The Kier molecular flexibility index (Phi) is 3.80. The van der Waals surface area contributed by atoms with E-state index in [0.29, 0.717) is 12.4 Å². The van der Waals surface area contributed by atoms with E-state index >= 15 is 0 Å². The van der Waals surface area contributed by atoms with Crippen molar-refractivity contribution in [2.24, 2.45) is 0 Å². The number of hydrogen-bond acceptors (Lipinski definition) is 4. The predicted octanol–water partition coefficient (Wildman–Crippen LogP) is 2.44. The minimum absolute atomic E-state index is 0.183. The molecule has 0 spiro atoms. The van der Waals surface area contributed by atoms with E-state index in [1.807, 2.05) is 0 Å². The first-order valence-electron chi connectivity index (χ1n) is 6.81. The molecule has 2 aromatic rings. The summed E-state index contributed by atoms with van der Waals surface area (Å²) in [4.78, 5) is 6.64. The van der Waals surface area contributed by atoms with Gasteiger partial charge in [-0.25, -0.2) is 9.37 Å². The quantitative estimate of drug-likeness (QED) is 0.932. The lowest BCUT2D eigenvalue weighted by Gasteiger charge is -2.20. The zero-order chi connectivity index (χ0) is 13.9. The molecule has 20 heavy (non-hydrogen) atoms. The summed E-state index contributed by atoms with van der Waals surface area (Å²) in [6.07, 6.45) is 3.76. The third-order valence-electron chi connectivity index (χ3n) is 3.72. The van der Waals surface area contributed by atoms with Crippen molar-refractivity contribution in [2.75, 3.05) is 13.2 Å². The maximum absolute atomic E-state index is 12.9. The molecule has 5 heteroatoms. The number of oxazole rings is 1. The summed E-state index contributed by atoms with van der Waals surface area (Å²) in [5, 5.41) is 9.30. The lowest BCUT2D eigenvalue weighted by atomic mass is 10.2. The first-order valence-corrected chi connectivity index (χ1v) is 6.81. The molecule has 1 aromatic heterocycles. The van der Waals surface area contributed by atoms with Crippen LogP contribution in [-0.2, 0) is 6.54 Å². The molecular formula is C15H17FN2O2. The van der Waals surface area contributed by atoms with E-state index in [1.165, 1.54) is 12.1 Å². The van der Waals surface area contributed by atoms with Crippen molar-refractivity contribution in [1.82, 2.24) is 9.88 Å². The molecule has 1 aliphatic heterocycles. The largest absolute Gasteiger partial charge is 0.444 e. The van der Waals surface area contributed by atoms with Gasteiger partial charge in [0, 0.05) is 18.2 Å². The summed E-state index contributed by atoms with van der Waals surface area (Å²) in [7, 11) is 0. The van der Waals surface area contributed by atoms with Gasteiger partial charge in [-0.05, 0) is 43.7 Å². The van der Waals surface area contributed by atoms with Gasteiger partial charge in [-0.2, -0.15) is 0 Å². The van der Waals surface area contributed by atoms with Crippen LogP contribution in [0.15, 0.2) is 34.9 Å². The van der Waals surface area contributed by atoms with E-state index < -0.39 is 0 Å². The van der Waals surface area contributed by atoms with Crippen LogP contribution in [0.3, 0.4) is 0 Å². The van der Waals surface area contributed by atoms with Crippen LogP contribution >= 0.6 is 0 Å². The standard InChI is InChI=1S/C15H17FN2O2/c16-12-5-3-11(4-6-12)15-17-13(10-20-15)8-18-7-1-2-14(18)9-19/h3-6,10,14,19H,1-2,7-9H2. The molecule has 4 nitrogen and oxygen atoms in total. The van der Waals surface area contributed by atoms with Crippen LogP contribution in [0.2, 0.25) is 0 Å². The highest BCUT2D eigenvalue weighted by Gasteiger charge is 2.24. The number of aliphatic hydroxyl groups excluding tert-OH is 1. The number of benzene rings is 1. The Labute approximate surface area is 116 Å². The van der Waals surface area contributed by atoms with Gasteiger partial charge in [0.15, 0.2) is 0 Å². The van der Waals surface area contributed by atoms with Gasteiger partial charge in [-0.1, -0.05) is 0 Å². The van der Waals surface area contributed by atoms with Crippen LogP contribution in [0.5, 0.6) is 0 Å². The number of rotatable bonds is 4. The Morgan fingerprint density at radius 1 is 1.35 bits per heavy atom. The first-order chi connectivity index (χ1) is 9.76. The molecule has 1 atom stereocenters. The highest BCUT2D eigenvalue weighted by atomic mass is 19.1. The average molecular weight is 276 g/mol. The summed E-state index contributed by atoms with van der Waals surface area (Å²) in [5.74, 6) is 0.225. The highest BCUT2D eigenvalue weighted by molar-refractivity contribution is 5.52. The van der Waals surface area contributed by atoms with Crippen LogP contribution in [0.4, 0.5) is 4.39 Å². The molecule has 1 unspecified atom stereocenters. The molecule has 2 heterocycles. The van der Waals surface area contributed by atoms with Gasteiger partial charge in [0.2, 0.25) is 5.89 Å². The minimum Gasteiger partial charge on any atom is -0.444 e. The number of halogens is 1. The molecule has 0 saturated carbocycles. The van der Waals surface area contributed by atoms with Crippen molar-refractivity contribution in [3.8, 4) is 11.5 Å². The van der Waals surface area contributed by atoms with Crippen LogP contribution in [0.25, 0.3) is 11.5 Å². The van der Waals surface area contributed by atoms with Crippen molar-refractivity contribution < 1.29 is 13.9 Å². The third kappa shape index (κ3) is 2.73. The molecular weight excluding hydrogens is 259 g/mol. The van der Waals surface area contributed by atoms with Gasteiger partial charge in [0.1, 0.15) is 12.1 Å². The molecule has 1 aliphatic rings. The number of likely N-dealkylation sites (tertiary alicyclic amines) is 1. The Balaban J connectivity index is 1.72. The Hall–Kier alpha value is -1.72. The van der Waals surface area contributed by atoms with E-state index in [9.17, 15) is 9.50 Å². The number of nitrogens with zero attached hydrogens (tertiary/aromatic N) is 2. The Morgan fingerprint density at radius 3 is 2.90 bits per heavy atom. The van der Waals surface area contributed by atoms with Crippen molar-refractivity contribution in [2.45, 2.75) is 25.4 Å². The second kappa shape index (κ2) is 5.73. The van der Waals surface area contributed by atoms with Gasteiger partial charge < -0.3 is 9.52 Å². The zero-order valence-corrected chi connectivity index (χ0v) is 11.1. The molecule has 1 aromatic carbocycles. The molecule has 0 bridgehead atoms. The predicted molar refractivity (Wildman–Crippen MR) is 72.4 cm³/mol. The summed E-state index contributed by atoms with van der Waals surface area (Å²) < 4.78 is 18.3. The molecule has 0 amide bonds. The second-order valence-corrected chi connectivity index (χ2v) is 5.10. The second-order valence-electron chi connectivity index (χ2n) is 5.10. The van der Waals surface area contributed by atoms with Crippen LogP contribution in [-0.4, -0.2) is 34.2 Å². The summed E-state index contributed by atoms with van der Waals surface area (Å²) in [6, 6.07) is 6.30. The summed E-state index contributed by atoms with van der Waals surface area (Å²) in [5.41, 5.74) is 1.60. The van der Waals surface area contributed by atoms with Crippen LogP contribution < -0.4 is 0 Å². The Bertz CT molecular complexity index is 568. The molecule has 0 radical (unpaired) electrons. The van der Waals surface area contributed by atoms with E-state index in [4.69, 9.17) is 4.42 Å². The number of aromatic nitrogens is 1. The smallest absolute Gasteiger partial charge is 0.226 e. The van der Waals surface area contributed by atoms with Gasteiger partial charge in [0.05, 0.1) is 12.3 Å². The Morgan fingerprint density at radius 2 is 2.15 bits per heavy atom. The fourth-order valence-electron chi connectivity index (χ4n) is 2.62. The summed E-state index contributed by atoms with van der Waals surface area (Å²) >= 11 is 0. The van der Waals surface area contributed by atoms with E-state index in [2.05, 4.69) is 9.88 Å². The maximum atomic E-state index is 12.9. The third-order valence-corrected chi connectivity index (χ3v) is 3.72. The van der Waals surface area contributed by atoms with Crippen molar-refractivity contribution in [3.05, 3.63) is 42.0 Å². The maximum Gasteiger partial charge on any atom is 0.226 e. The average Bonchev–Trinajstić information content (AvgIpc) is 3.09. The SMILES string of the molecule is OCC1CCCN1Cc1coc(-c2ccc(F)cc2)n1. The van der Waals surface area contributed by atoms with Crippen molar-refractivity contribution in [3.63, 3.8) is 0 Å². The normalized spacial score (nSPS) is 19.6. The van der Waals surface area contributed by atoms with Gasteiger partial charge in [0.25, 0.3) is 0 Å². The highest BCUT2D eigenvalue weighted by Crippen LogP contribution is 2.22. The van der Waals surface area contributed by atoms with Crippen LogP contribution in [0.1, 0.15) is 18.5 Å². The van der Waals surface area contributed by atoms with Gasteiger partial charge >= 0.3 is 0 Å². The number of hydrogen-bond donors (Lipinski definition) is 1. The topological polar surface area (TPSA) is 49.5 Å². The molecule has 0 aliphatic carbocycles. The summed E-state index contributed by atoms with van der Waals surface area (Å²) in [6.45, 7) is 1.84. The fourth-order valence-corrected chi connectivity index (χ4v) is 2.62. The lowest BCUT2D eigenvalue weighted by molar-refractivity contribution is 0.152. The van der Waals surface area contributed by atoms with E-state index in [0.717, 1.165) is 30.6 Å². The van der Waals surface area contributed by atoms with Gasteiger partial charge in [-0.15, -0.1) is 0 Å².